The van der Waals surface area contributed by atoms with Gasteiger partial charge in [0.2, 0.25) is 0 Å². The molecule has 1 aromatic rings. The second-order valence-electron chi connectivity index (χ2n) is 5.30. The van der Waals surface area contributed by atoms with Gasteiger partial charge in [-0.1, -0.05) is 0 Å². The van der Waals surface area contributed by atoms with E-state index in [1.807, 2.05) is 83.2 Å². The van der Waals surface area contributed by atoms with Gasteiger partial charge in [0.1, 0.15) is 5.01 Å². The van der Waals surface area contributed by atoms with Crippen LogP contribution in [-0.4, -0.2) is 4.98 Å². The number of hydrogen-bond acceptors (Lipinski definition) is 2. The number of aromatic nitrogens is 1. The van der Waals surface area contributed by atoms with Crippen molar-refractivity contribution in [3.63, 3.8) is 0 Å². The Labute approximate surface area is 193 Å². The Balaban J connectivity index is 0.000000253. The molecule has 4 aliphatic rings. The van der Waals surface area contributed by atoms with Crippen molar-refractivity contribution < 1.29 is 34.1 Å². The smallest absolute Gasteiger partial charge is 0.101 e. The summed E-state index contributed by atoms with van der Waals surface area (Å²) in [5, 5.41) is 1.09. The second kappa shape index (κ2) is 15.5. The van der Waals surface area contributed by atoms with Crippen LogP contribution in [0.4, 0.5) is 0 Å². The van der Waals surface area contributed by atoms with Crippen LogP contribution in [0.5, 0.6) is 0 Å². The predicted octanol–water partition coefficient (Wildman–Crippen LogP) is 4.69. The zero-order chi connectivity index (χ0) is 17.2. The van der Waals surface area contributed by atoms with Gasteiger partial charge in [-0.15, -0.1) is 11.3 Å². The van der Waals surface area contributed by atoms with Gasteiger partial charge in [-0.2, -0.15) is 0 Å². The van der Waals surface area contributed by atoms with Gasteiger partial charge in [0.25, 0.3) is 0 Å². The van der Waals surface area contributed by atoms with E-state index in [2.05, 4.69) is 43.5 Å². The molecule has 4 heteroatoms. The van der Waals surface area contributed by atoms with Gasteiger partial charge in [-0.25, -0.2) is 4.98 Å². The average molecular weight is 453 g/mol. The zero-order valence-electron chi connectivity index (χ0n) is 14.5. The Bertz CT molecular complexity index is 401. The topological polar surface area (TPSA) is 12.9 Å². The number of thiazole rings is 1. The summed E-state index contributed by atoms with van der Waals surface area (Å²) in [5.41, 5.74) is 0. The van der Waals surface area contributed by atoms with Crippen molar-refractivity contribution >= 4 is 11.3 Å². The molecule has 1 nitrogen and oxygen atoms in total. The molecule has 0 spiro atoms. The fraction of sp³-hybridized carbons (Fsp3) is 0. The minimum atomic E-state index is 0. The molecule has 5 rings (SSSR count). The van der Waals surface area contributed by atoms with E-state index in [-0.39, 0.29) is 34.1 Å². The first-order chi connectivity index (χ1) is 12.4. The average Bonchev–Trinajstić information content (AvgIpc) is 3.51. The molecule has 0 unspecified atom stereocenters. The maximum Gasteiger partial charge on any atom is 0.101 e. The van der Waals surface area contributed by atoms with E-state index in [1.54, 1.807) is 11.3 Å². The fourth-order valence-electron chi connectivity index (χ4n) is 2.24. The molecular weight excluding hydrogens is 434 g/mol. The van der Waals surface area contributed by atoms with E-state index in [9.17, 15) is 0 Å². The molecule has 27 heavy (non-hydrogen) atoms. The maximum atomic E-state index is 4.43. The largest absolute Gasteiger partial charge is 0.249 e. The summed E-state index contributed by atoms with van der Waals surface area (Å²) < 4.78 is 0. The van der Waals surface area contributed by atoms with Crippen LogP contribution >= 0.6 is 11.3 Å². The molecule has 1 heterocycles. The van der Waals surface area contributed by atoms with Crippen molar-refractivity contribution in [1.82, 2.24) is 4.98 Å². The van der Waals surface area contributed by atoms with E-state index in [4.69, 9.17) is 0 Å². The van der Waals surface area contributed by atoms with Crippen molar-refractivity contribution in [2.45, 2.75) is 0 Å². The minimum absolute atomic E-state index is 0. The molecule has 4 aliphatic carbocycles. The van der Waals surface area contributed by atoms with Crippen LogP contribution in [0.2, 0.25) is 0 Å². The van der Waals surface area contributed by atoms with E-state index < -0.39 is 0 Å². The zero-order valence-corrected chi connectivity index (χ0v) is 17.6. The van der Waals surface area contributed by atoms with Gasteiger partial charge in [0.15, 0.2) is 0 Å². The first-order valence-electron chi connectivity index (χ1n) is 8.17. The van der Waals surface area contributed by atoms with E-state index in [0.29, 0.717) is 0 Å². The van der Waals surface area contributed by atoms with Crippen molar-refractivity contribution in [3.8, 4) is 0 Å². The predicted molar refractivity (Wildman–Crippen MR) is 104 cm³/mol. The van der Waals surface area contributed by atoms with Crippen LogP contribution in [0.3, 0.4) is 0 Å². The molecule has 0 amide bonds. The molecule has 138 valence electrons. The van der Waals surface area contributed by atoms with Gasteiger partial charge >= 0.3 is 0 Å². The van der Waals surface area contributed by atoms with Crippen molar-refractivity contribution in [1.29, 1.82) is 0 Å². The third-order valence-corrected chi connectivity index (χ3v) is 4.57. The fourth-order valence-corrected chi connectivity index (χ4v) is 3.16. The van der Waals surface area contributed by atoms with Crippen molar-refractivity contribution in [2.75, 3.05) is 0 Å². The Hall–Kier alpha value is 0.669. The summed E-state index contributed by atoms with van der Waals surface area (Å²) in [6, 6.07) is 0. The quantitative estimate of drug-likeness (QED) is 0.593. The molecular formula is C23H19Fe2NS. The monoisotopic (exact) mass is 453 g/mol. The number of hydrogen-bond donors (Lipinski definition) is 0. The Kier molecular flexibility index (Phi) is 14.8. The third kappa shape index (κ3) is 9.35. The first-order valence-corrected chi connectivity index (χ1v) is 8.98. The van der Waals surface area contributed by atoms with Crippen LogP contribution in [0, 0.1) is 127 Å². The molecule has 0 bridgehead atoms. The summed E-state index contributed by atoms with van der Waals surface area (Å²) in [6.45, 7) is 0. The molecule has 1 aromatic heterocycles. The standard InChI is InChI=1S/C13H9NS.2C5H5.2Fe/c1-2-6-10(5-1)12-9-14-13(15-12)11-7-3-4-8-11;2*1-2-4-5-3-1;;/h1-9H;2*1-5H;;. The van der Waals surface area contributed by atoms with Gasteiger partial charge in [-0.05, 0) is 116 Å². The van der Waals surface area contributed by atoms with Crippen LogP contribution < -0.4 is 0 Å². The molecule has 0 atom stereocenters. The van der Waals surface area contributed by atoms with Crippen molar-refractivity contribution in [3.05, 3.63) is 143 Å². The third-order valence-electron chi connectivity index (χ3n) is 3.47. The van der Waals surface area contributed by atoms with Gasteiger partial charge in [0.05, 0.1) is 0 Å². The second-order valence-corrected chi connectivity index (χ2v) is 6.33. The van der Waals surface area contributed by atoms with Crippen LogP contribution in [0.25, 0.3) is 0 Å². The van der Waals surface area contributed by atoms with E-state index >= 15 is 0 Å². The molecule has 0 aliphatic heterocycles. The van der Waals surface area contributed by atoms with Crippen LogP contribution in [0.15, 0.2) is 6.20 Å². The summed E-state index contributed by atoms with van der Waals surface area (Å²) in [5.74, 6) is 2.46. The van der Waals surface area contributed by atoms with Crippen LogP contribution in [0.1, 0.15) is 9.88 Å². The first kappa shape index (κ1) is 25.7. The Morgan fingerprint density at radius 3 is 1.26 bits per heavy atom. The summed E-state index contributed by atoms with van der Waals surface area (Å²) >= 11 is 1.74. The summed E-state index contributed by atoms with van der Waals surface area (Å²) in [6.07, 6.45) is 38.5. The molecule has 0 aromatic carbocycles. The molecule has 4 fully saturated rings. The molecule has 0 N–H and O–H groups in total. The molecule has 20 radical (unpaired) electrons. The normalized spacial score (nSPS) is 22.2. The van der Waals surface area contributed by atoms with Gasteiger partial charge < -0.3 is 0 Å². The minimum Gasteiger partial charge on any atom is -0.249 e. The maximum absolute atomic E-state index is 4.43. The summed E-state index contributed by atoms with van der Waals surface area (Å²) in [4.78, 5) is 5.67. The number of nitrogens with zero attached hydrogens (tertiary/aromatic N) is 1. The SMILES string of the molecule is [CH]1[CH][CH][CH][CH]1.[CH]1[CH][CH][CH][CH]1.[CH]1[CH][CH][C](c2cnc([C]3[CH][CH][CH][CH]3)s2)[CH]1.[Fe].[Fe]. The van der Waals surface area contributed by atoms with Crippen molar-refractivity contribution in [2.24, 2.45) is 0 Å². The van der Waals surface area contributed by atoms with Crippen LogP contribution in [-0.2, 0) is 34.1 Å². The summed E-state index contributed by atoms with van der Waals surface area (Å²) in [7, 11) is 0. The van der Waals surface area contributed by atoms with Gasteiger partial charge in [0, 0.05) is 57.0 Å². The Morgan fingerprint density at radius 2 is 0.852 bits per heavy atom. The van der Waals surface area contributed by atoms with Gasteiger partial charge in [-0.3, -0.25) is 0 Å². The number of rotatable bonds is 2. The molecule has 0 saturated heterocycles. The Morgan fingerprint density at radius 1 is 0.481 bits per heavy atom. The van der Waals surface area contributed by atoms with E-state index in [1.165, 1.54) is 16.7 Å². The molecule has 4 saturated carbocycles. The van der Waals surface area contributed by atoms with E-state index in [0.717, 1.165) is 5.01 Å².